The van der Waals surface area contributed by atoms with E-state index in [1.165, 1.54) is 6.07 Å². The number of Topliss-reactive ketones (excluding diaryl/α,β-unsaturated/α-hetero) is 1. The third-order valence-electron chi connectivity index (χ3n) is 5.47. The number of carbonyl (C=O) groups is 1. The Hall–Kier alpha value is -2.56. The number of fused-ring (bicyclic) bond motifs is 6. The average molecular weight is 368 g/mol. The van der Waals surface area contributed by atoms with E-state index in [2.05, 4.69) is 0 Å². The summed E-state index contributed by atoms with van der Waals surface area (Å²) in [6.07, 6.45) is 3.63. The molecule has 0 N–H and O–H groups in total. The van der Waals surface area contributed by atoms with Gasteiger partial charge in [-0.1, -0.05) is 20.8 Å². The first kappa shape index (κ1) is 17.8. The summed E-state index contributed by atoms with van der Waals surface area (Å²) >= 11 is 0. The predicted octanol–water partition coefficient (Wildman–Crippen LogP) is 4.70. The molecule has 0 spiro atoms. The number of rotatable bonds is 1. The number of benzene rings is 1. The van der Waals surface area contributed by atoms with Crippen molar-refractivity contribution in [2.45, 2.75) is 59.2 Å². The first-order chi connectivity index (χ1) is 12.6. The van der Waals surface area contributed by atoms with Crippen LogP contribution in [0, 0.1) is 5.92 Å². The van der Waals surface area contributed by atoms with Crippen molar-refractivity contribution in [2.24, 2.45) is 5.92 Å². The Morgan fingerprint density at radius 2 is 1.81 bits per heavy atom. The Kier molecular flexibility index (Phi) is 3.78. The number of ether oxygens (including phenoxy) is 2. The maximum absolute atomic E-state index is 13.1. The molecular formula is C22H24O5. The van der Waals surface area contributed by atoms with Crippen molar-refractivity contribution < 1.29 is 18.7 Å². The molecule has 2 atom stereocenters. The van der Waals surface area contributed by atoms with E-state index in [1.54, 1.807) is 0 Å². The number of hydrogen-bond acceptors (Lipinski definition) is 5. The number of carbonyl (C=O) groups excluding carboxylic acids is 1. The lowest BCUT2D eigenvalue weighted by Gasteiger charge is -2.34. The van der Waals surface area contributed by atoms with Gasteiger partial charge in [0.2, 0.25) is 0 Å². The molecule has 3 heterocycles. The molecule has 27 heavy (non-hydrogen) atoms. The van der Waals surface area contributed by atoms with Gasteiger partial charge in [-0.2, -0.15) is 0 Å². The minimum Gasteiger partial charge on any atom is -0.488 e. The molecule has 2 aliphatic heterocycles. The summed E-state index contributed by atoms with van der Waals surface area (Å²) in [5.74, 6) is 0.727. The van der Waals surface area contributed by atoms with Gasteiger partial charge < -0.3 is 13.9 Å². The summed E-state index contributed by atoms with van der Waals surface area (Å²) in [4.78, 5) is 25.4. The van der Waals surface area contributed by atoms with Crippen LogP contribution in [0.15, 0.2) is 21.4 Å². The van der Waals surface area contributed by atoms with Gasteiger partial charge in [-0.3, -0.25) is 4.79 Å². The quantitative estimate of drug-likeness (QED) is 0.683. The topological polar surface area (TPSA) is 65.7 Å². The van der Waals surface area contributed by atoms with E-state index in [0.29, 0.717) is 22.4 Å². The molecule has 2 aromatic rings. The molecule has 5 nitrogen and oxygen atoms in total. The van der Waals surface area contributed by atoms with Crippen LogP contribution < -0.4 is 15.1 Å². The van der Waals surface area contributed by atoms with E-state index in [0.717, 1.165) is 11.1 Å². The lowest BCUT2D eigenvalue weighted by atomic mass is 9.85. The Morgan fingerprint density at radius 1 is 1.11 bits per heavy atom. The molecular weight excluding hydrogens is 344 g/mol. The SMILES string of the molecule is CC(C)c1cc(=O)oc2c3c(c4c(c12)OC(C)(C)C=C4)O[C@H](C)[C@@H](C)C3=O. The van der Waals surface area contributed by atoms with Gasteiger partial charge in [0.25, 0.3) is 0 Å². The summed E-state index contributed by atoms with van der Waals surface area (Å²) in [7, 11) is 0. The third kappa shape index (κ3) is 2.59. The van der Waals surface area contributed by atoms with E-state index in [1.807, 2.05) is 53.7 Å². The first-order valence-corrected chi connectivity index (χ1v) is 9.37. The fraction of sp³-hybridized carbons (Fsp3) is 0.455. The molecule has 0 bridgehead atoms. The van der Waals surface area contributed by atoms with Crippen LogP contribution in [0.25, 0.3) is 17.0 Å². The molecule has 0 amide bonds. The second-order valence-electron chi connectivity index (χ2n) is 8.34. The van der Waals surface area contributed by atoms with Crippen LogP contribution in [-0.4, -0.2) is 17.5 Å². The van der Waals surface area contributed by atoms with Crippen molar-refractivity contribution in [3.8, 4) is 11.5 Å². The standard InChI is InChI=1S/C22H24O5/c1-10(2)14-9-15(23)26-21-16(14)20-13(7-8-22(5,6)27-20)19-17(21)18(24)11(3)12(4)25-19/h7-12H,1-6H3/t11-,12-/m1/s1. The summed E-state index contributed by atoms with van der Waals surface area (Å²) in [5.41, 5.74) is 1.18. The molecule has 1 aromatic carbocycles. The van der Waals surface area contributed by atoms with Gasteiger partial charge in [-0.25, -0.2) is 4.79 Å². The van der Waals surface area contributed by atoms with Crippen LogP contribution in [0.1, 0.15) is 68.9 Å². The monoisotopic (exact) mass is 368 g/mol. The minimum atomic E-state index is -0.518. The predicted molar refractivity (Wildman–Crippen MR) is 104 cm³/mol. The van der Waals surface area contributed by atoms with E-state index < -0.39 is 11.2 Å². The molecule has 5 heteroatoms. The molecule has 142 valence electrons. The fourth-order valence-corrected chi connectivity index (χ4v) is 3.77. The second kappa shape index (κ2) is 5.72. The van der Waals surface area contributed by atoms with Crippen molar-refractivity contribution in [1.82, 2.24) is 0 Å². The highest BCUT2D eigenvalue weighted by Gasteiger charge is 2.39. The van der Waals surface area contributed by atoms with Crippen LogP contribution in [0.5, 0.6) is 11.5 Å². The van der Waals surface area contributed by atoms with E-state index in [4.69, 9.17) is 13.9 Å². The molecule has 2 aliphatic rings. The maximum Gasteiger partial charge on any atom is 0.336 e. The number of hydrogen-bond donors (Lipinski definition) is 0. The normalized spacial score (nSPS) is 23.0. The van der Waals surface area contributed by atoms with Gasteiger partial charge in [0, 0.05) is 6.07 Å². The van der Waals surface area contributed by atoms with Gasteiger partial charge in [-0.05, 0) is 44.4 Å². The van der Waals surface area contributed by atoms with Gasteiger partial charge in [0.15, 0.2) is 11.4 Å². The van der Waals surface area contributed by atoms with Crippen molar-refractivity contribution >= 4 is 22.8 Å². The highest BCUT2D eigenvalue weighted by atomic mass is 16.5. The smallest absolute Gasteiger partial charge is 0.336 e. The molecule has 0 unspecified atom stereocenters. The summed E-state index contributed by atoms with van der Waals surface area (Å²) in [6, 6.07) is 1.49. The van der Waals surface area contributed by atoms with Gasteiger partial charge in [0.1, 0.15) is 28.8 Å². The van der Waals surface area contributed by atoms with Crippen LogP contribution >= 0.6 is 0 Å². The minimum absolute atomic E-state index is 0.0623. The van der Waals surface area contributed by atoms with Crippen LogP contribution in [0.3, 0.4) is 0 Å². The van der Waals surface area contributed by atoms with E-state index in [9.17, 15) is 9.59 Å². The Labute approximate surface area is 158 Å². The van der Waals surface area contributed by atoms with E-state index in [-0.39, 0.29) is 29.3 Å². The van der Waals surface area contributed by atoms with Crippen LogP contribution in [0.4, 0.5) is 0 Å². The van der Waals surface area contributed by atoms with Crippen molar-refractivity contribution in [3.63, 3.8) is 0 Å². The van der Waals surface area contributed by atoms with Gasteiger partial charge in [0.05, 0.1) is 16.9 Å². The molecule has 4 rings (SSSR count). The molecule has 0 saturated heterocycles. The number of ketones is 1. The molecule has 0 fully saturated rings. The lowest BCUT2D eigenvalue weighted by molar-refractivity contribution is 0.0728. The summed E-state index contributed by atoms with van der Waals surface area (Å²) < 4.78 is 18.0. The first-order valence-electron chi connectivity index (χ1n) is 9.37. The average Bonchev–Trinajstić information content (AvgIpc) is 2.57. The largest absolute Gasteiger partial charge is 0.488 e. The molecule has 0 radical (unpaired) electrons. The Morgan fingerprint density at radius 3 is 2.48 bits per heavy atom. The second-order valence-corrected chi connectivity index (χ2v) is 8.34. The molecule has 1 aromatic heterocycles. The zero-order valence-corrected chi connectivity index (χ0v) is 16.5. The highest BCUT2D eigenvalue weighted by molar-refractivity contribution is 6.14. The van der Waals surface area contributed by atoms with Crippen molar-refractivity contribution in [3.05, 3.63) is 39.3 Å². The summed E-state index contributed by atoms with van der Waals surface area (Å²) in [6.45, 7) is 11.6. The van der Waals surface area contributed by atoms with Crippen molar-refractivity contribution in [2.75, 3.05) is 0 Å². The Bertz CT molecular complexity index is 1050. The highest BCUT2D eigenvalue weighted by Crippen LogP contribution is 2.49. The zero-order valence-electron chi connectivity index (χ0n) is 16.5. The van der Waals surface area contributed by atoms with Crippen LogP contribution in [-0.2, 0) is 0 Å². The third-order valence-corrected chi connectivity index (χ3v) is 5.47. The van der Waals surface area contributed by atoms with E-state index >= 15 is 0 Å². The molecule has 0 saturated carbocycles. The van der Waals surface area contributed by atoms with Crippen molar-refractivity contribution in [1.29, 1.82) is 0 Å². The maximum atomic E-state index is 13.1. The Balaban J connectivity index is 2.22. The fourth-order valence-electron chi connectivity index (χ4n) is 3.77. The van der Waals surface area contributed by atoms with Gasteiger partial charge >= 0.3 is 5.63 Å². The van der Waals surface area contributed by atoms with Crippen LogP contribution in [0.2, 0.25) is 0 Å². The summed E-state index contributed by atoms with van der Waals surface area (Å²) in [5, 5.41) is 0.689. The lowest BCUT2D eigenvalue weighted by Crippen LogP contribution is -2.35. The zero-order chi connectivity index (χ0) is 19.7. The van der Waals surface area contributed by atoms with Gasteiger partial charge in [-0.15, -0.1) is 0 Å². The molecule has 0 aliphatic carbocycles.